The number of hydrazone groups is 1. The summed E-state index contributed by atoms with van der Waals surface area (Å²) < 4.78 is 0. The van der Waals surface area contributed by atoms with Gasteiger partial charge in [0.1, 0.15) is 12.4 Å². The van der Waals surface area contributed by atoms with E-state index >= 15 is 0 Å². The van der Waals surface area contributed by atoms with Crippen molar-refractivity contribution in [1.29, 1.82) is 0 Å². The van der Waals surface area contributed by atoms with Crippen LogP contribution in [-0.4, -0.2) is 23.3 Å². The molecular formula is C24H40N4O. The Labute approximate surface area is 176 Å². The number of amidine groups is 1. The molecule has 0 aromatic carbocycles. The number of nitrogens with two attached hydrogens (primary N) is 2. The summed E-state index contributed by atoms with van der Waals surface area (Å²) >= 11 is 0. The smallest absolute Gasteiger partial charge is 0.159 e. The van der Waals surface area contributed by atoms with Crippen molar-refractivity contribution in [3.63, 3.8) is 0 Å². The minimum atomic E-state index is 0.0682. The molecule has 0 heterocycles. The molecule has 0 aromatic rings. The molecule has 0 aliphatic heterocycles. The van der Waals surface area contributed by atoms with Crippen LogP contribution in [0.15, 0.2) is 16.8 Å². The third-order valence-corrected chi connectivity index (χ3v) is 9.28. The molecule has 7 unspecified atom stereocenters. The lowest BCUT2D eigenvalue weighted by Crippen LogP contribution is -2.49. The molecular weight excluding hydrogens is 360 g/mol. The van der Waals surface area contributed by atoms with Crippen molar-refractivity contribution in [1.82, 2.24) is 5.12 Å². The van der Waals surface area contributed by atoms with E-state index in [4.69, 9.17) is 11.6 Å². The first-order chi connectivity index (χ1) is 13.6. The number of carbonyl (C=O) groups excluding carboxylic acids is 1. The first kappa shape index (κ1) is 20.9. The maximum atomic E-state index is 13.1. The van der Waals surface area contributed by atoms with E-state index in [2.05, 4.69) is 31.9 Å². The number of hydrazine groups is 1. The maximum Gasteiger partial charge on any atom is 0.159 e. The molecule has 3 fully saturated rings. The number of carbonyl (C=O) groups is 1. The summed E-state index contributed by atoms with van der Waals surface area (Å²) in [6, 6.07) is 0. The van der Waals surface area contributed by atoms with E-state index in [0.29, 0.717) is 23.1 Å². The van der Waals surface area contributed by atoms with Gasteiger partial charge in [-0.05, 0) is 92.8 Å². The second-order valence-electron chi connectivity index (χ2n) is 11.1. The highest BCUT2D eigenvalue weighted by molar-refractivity contribution is 5.84. The van der Waals surface area contributed by atoms with E-state index in [1.807, 2.05) is 0 Å². The van der Waals surface area contributed by atoms with Gasteiger partial charge in [0.25, 0.3) is 0 Å². The van der Waals surface area contributed by atoms with Crippen LogP contribution in [0.1, 0.15) is 79.1 Å². The molecule has 4 rings (SSSR count). The molecule has 0 spiro atoms. The standard InChI is InChI=1S/C24H40N4O/c1-15-9-11-23(3)17(13-15)5-6-18-19-7-8-21(24(19,4)12-10-20(18)23)22(29)14-28(26)27-16(2)25/h10,15,17-19,21H,5-9,11-14,26H2,1-4H3,(H2,25,27). The summed E-state index contributed by atoms with van der Waals surface area (Å²) in [6.45, 7) is 9.20. The Bertz CT molecular complexity index is 726. The number of Topliss-reactive ketones (excluding diaryl/α,β-unsaturated/α-hetero) is 1. The first-order valence-corrected chi connectivity index (χ1v) is 11.7. The zero-order valence-corrected chi connectivity index (χ0v) is 18.8. The van der Waals surface area contributed by atoms with Crippen LogP contribution in [0.4, 0.5) is 0 Å². The Morgan fingerprint density at radius 1 is 1.24 bits per heavy atom. The van der Waals surface area contributed by atoms with Crippen molar-refractivity contribution in [2.45, 2.75) is 79.1 Å². The zero-order valence-electron chi connectivity index (χ0n) is 18.8. The van der Waals surface area contributed by atoms with Crippen molar-refractivity contribution in [2.75, 3.05) is 6.54 Å². The number of allylic oxidation sites excluding steroid dienone is 2. The van der Waals surface area contributed by atoms with Gasteiger partial charge < -0.3 is 5.73 Å². The fourth-order valence-corrected chi connectivity index (χ4v) is 7.78. The minimum absolute atomic E-state index is 0.0682. The van der Waals surface area contributed by atoms with Crippen LogP contribution in [0.3, 0.4) is 0 Å². The molecule has 0 saturated heterocycles. The molecule has 162 valence electrons. The Balaban J connectivity index is 1.55. The van der Waals surface area contributed by atoms with Crippen molar-refractivity contribution < 1.29 is 4.79 Å². The van der Waals surface area contributed by atoms with Crippen LogP contribution in [0, 0.1) is 40.4 Å². The summed E-state index contributed by atoms with van der Waals surface area (Å²) in [5, 5.41) is 5.23. The fourth-order valence-electron chi connectivity index (χ4n) is 7.78. The first-order valence-electron chi connectivity index (χ1n) is 11.7. The molecule has 4 N–H and O–H groups in total. The highest BCUT2D eigenvalue weighted by Crippen LogP contribution is 2.65. The van der Waals surface area contributed by atoms with E-state index in [1.54, 1.807) is 12.5 Å². The normalized spacial score (nSPS) is 44.4. The lowest BCUT2D eigenvalue weighted by molar-refractivity contribution is -0.128. The summed E-state index contributed by atoms with van der Waals surface area (Å²) in [6.07, 6.45) is 12.6. The van der Waals surface area contributed by atoms with E-state index in [-0.39, 0.29) is 23.7 Å². The van der Waals surface area contributed by atoms with Crippen molar-refractivity contribution in [3.8, 4) is 0 Å². The molecule has 0 amide bonds. The topological polar surface area (TPSA) is 84.7 Å². The average molecular weight is 401 g/mol. The van der Waals surface area contributed by atoms with Crippen molar-refractivity contribution in [3.05, 3.63) is 11.6 Å². The minimum Gasteiger partial charge on any atom is -0.386 e. The molecule has 0 bridgehead atoms. The number of rotatable bonds is 4. The predicted molar refractivity (Wildman–Crippen MR) is 118 cm³/mol. The van der Waals surface area contributed by atoms with Crippen LogP contribution < -0.4 is 11.6 Å². The quantitative estimate of drug-likeness (QED) is 0.243. The highest BCUT2D eigenvalue weighted by atomic mass is 16.1. The Morgan fingerprint density at radius 2 is 2.00 bits per heavy atom. The molecule has 5 heteroatoms. The van der Waals surface area contributed by atoms with Gasteiger partial charge in [-0.3, -0.25) is 4.79 Å². The summed E-state index contributed by atoms with van der Waals surface area (Å²) in [5.74, 6) is 9.65. The monoisotopic (exact) mass is 400 g/mol. The van der Waals surface area contributed by atoms with Gasteiger partial charge in [0.05, 0.1) is 0 Å². The number of nitrogens with zero attached hydrogens (tertiary/aromatic N) is 2. The molecule has 7 atom stereocenters. The van der Waals surface area contributed by atoms with Gasteiger partial charge in [0, 0.05) is 5.92 Å². The lowest BCUT2D eigenvalue weighted by atomic mass is 9.48. The average Bonchev–Trinajstić information content (AvgIpc) is 2.99. The van der Waals surface area contributed by atoms with Crippen LogP contribution >= 0.6 is 0 Å². The molecule has 0 aromatic heterocycles. The van der Waals surface area contributed by atoms with E-state index in [9.17, 15) is 4.79 Å². The van der Waals surface area contributed by atoms with Crippen molar-refractivity contribution >= 4 is 11.6 Å². The van der Waals surface area contributed by atoms with Crippen LogP contribution in [0.2, 0.25) is 0 Å². The Kier molecular flexibility index (Phi) is 5.33. The molecule has 3 saturated carbocycles. The molecule has 29 heavy (non-hydrogen) atoms. The SMILES string of the molecule is C/C(N)=N/N(N)CC(=O)C1CCC2C3CCC4CC(C)CCC4(C)C3=CCC12C. The fraction of sp³-hybridized carbons (Fsp3) is 0.833. The molecule has 5 nitrogen and oxygen atoms in total. The number of hydrogen-bond acceptors (Lipinski definition) is 4. The second kappa shape index (κ2) is 7.40. The van der Waals surface area contributed by atoms with Gasteiger partial charge in [-0.2, -0.15) is 0 Å². The van der Waals surface area contributed by atoms with Gasteiger partial charge in [0.2, 0.25) is 0 Å². The Morgan fingerprint density at radius 3 is 2.72 bits per heavy atom. The lowest BCUT2D eigenvalue weighted by Gasteiger charge is -2.57. The van der Waals surface area contributed by atoms with E-state index in [0.717, 1.165) is 24.7 Å². The van der Waals surface area contributed by atoms with E-state index < -0.39 is 0 Å². The van der Waals surface area contributed by atoms with Crippen molar-refractivity contribution in [2.24, 2.45) is 57.1 Å². The molecule has 0 radical (unpaired) electrons. The maximum absolute atomic E-state index is 13.1. The zero-order chi connectivity index (χ0) is 21.0. The van der Waals surface area contributed by atoms with Gasteiger partial charge in [-0.25, -0.2) is 11.0 Å². The molecule has 4 aliphatic rings. The number of ketones is 1. The summed E-state index contributed by atoms with van der Waals surface area (Å²) in [7, 11) is 0. The van der Waals surface area contributed by atoms with Gasteiger partial charge in [-0.15, -0.1) is 5.10 Å². The van der Waals surface area contributed by atoms with Crippen LogP contribution in [0.5, 0.6) is 0 Å². The third-order valence-electron chi connectivity index (χ3n) is 9.28. The van der Waals surface area contributed by atoms with E-state index in [1.165, 1.54) is 43.6 Å². The predicted octanol–water partition coefficient (Wildman–Crippen LogP) is 4.24. The van der Waals surface area contributed by atoms with Crippen LogP contribution in [-0.2, 0) is 4.79 Å². The van der Waals surface area contributed by atoms with Gasteiger partial charge in [0.15, 0.2) is 5.78 Å². The summed E-state index contributed by atoms with van der Waals surface area (Å²) in [4.78, 5) is 13.1. The number of hydrogen-bond donors (Lipinski definition) is 2. The summed E-state index contributed by atoms with van der Waals surface area (Å²) in [5.41, 5.74) is 7.85. The largest absolute Gasteiger partial charge is 0.386 e. The highest BCUT2D eigenvalue weighted by Gasteiger charge is 2.58. The number of fused-ring (bicyclic) bond motifs is 5. The second-order valence-corrected chi connectivity index (χ2v) is 11.1. The third kappa shape index (κ3) is 3.43. The Hall–Kier alpha value is -1.36. The molecule has 4 aliphatic carbocycles. The van der Waals surface area contributed by atoms with Crippen LogP contribution in [0.25, 0.3) is 0 Å². The van der Waals surface area contributed by atoms with Gasteiger partial charge >= 0.3 is 0 Å². The van der Waals surface area contributed by atoms with Gasteiger partial charge in [-0.1, -0.05) is 32.4 Å².